The van der Waals surface area contributed by atoms with E-state index in [1.165, 1.54) is 31.4 Å². The van der Waals surface area contributed by atoms with Crippen molar-refractivity contribution in [2.45, 2.75) is 36.8 Å². The third kappa shape index (κ3) is 2.13. The van der Waals surface area contributed by atoms with Gasteiger partial charge in [0.05, 0.1) is 11.6 Å². The fourth-order valence-electron chi connectivity index (χ4n) is 4.58. The highest BCUT2D eigenvalue weighted by molar-refractivity contribution is 7.89. The molecule has 0 aromatic heterocycles. The van der Waals surface area contributed by atoms with Crippen LogP contribution >= 0.6 is 11.6 Å². The maximum atomic E-state index is 12.6. The Hall–Kier alpha value is -0.620. The molecular weight excluding hydrogens is 310 g/mol. The summed E-state index contributed by atoms with van der Waals surface area (Å²) in [4.78, 5) is 0.0769. The number of hydrogen-bond donors (Lipinski definition) is 2. The van der Waals surface area contributed by atoms with E-state index in [4.69, 9.17) is 16.7 Å². The van der Waals surface area contributed by atoms with Crippen molar-refractivity contribution >= 4 is 21.6 Å². The highest BCUT2D eigenvalue weighted by Crippen LogP contribution is 2.65. The van der Waals surface area contributed by atoms with E-state index >= 15 is 0 Å². The molecule has 0 amide bonds. The van der Waals surface area contributed by atoms with Crippen LogP contribution in [-0.2, 0) is 16.6 Å². The standard InChI is InChI=1S/C15H18ClNO3S/c16-11-4-1-8(7-18)5-12(11)21(19,20)17-15-13-9-2-3-10(6-9)14(13)15/h1,4-5,9-10,13-15,17-18H,2-3,6-7H2. The summed E-state index contributed by atoms with van der Waals surface area (Å²) in [5.74, 6) is 2.51. The maximum absolute atomic E-state index is 12.6. The molecule has 4 atom stereocenters. The zero-order valence-electron chi connectivity index (χ0n) is 11.5. The molecule has 0 heterocycles. The van der Waals surface area contributed by atoms with Gasteiger partial charge < -0.3 is 5.11 Å². The van der Waals surface area contributed by atoms with Crippen LogP contribution in [0.1, 0.15) is 24.8 Å². The molecule has 0 spiro atoms. The zero-order chi connectivity index (χ0) is 14.8. The van der Waals surface area contributed by atoms with Gasteiger partial charge in [0.25, 0.3) is 0 Å². The smallest absolute Gasteiger partial charge is 0.242 e. The van der Waals surface area contributed by atoms with Gasteiger partial charge in [-0.2, -0.15) is 0 Å². The molecule has 4 nitrogen and oxygen atoms in total. The average molecular weight is 328 g/mol. The molecule has 4 unspecified atom stereocenters. The molecule has 21 heavy (non-hydrogen) atoms. The molecule has 3 fully saturated rings. The summed E-state index contributed by atoms with van der Waals surface area (Å²) >= 11 is 6.03. The SMILES string of the molecule is O=S(=O)(NC1C2C3CCC(C3)C12)c1cc(CO)ccc1Cl. The third-order valence-electron chi connectivity index (χ3n) is 5.49. The Morgan fingerprint density at radius 3 is 2.52 bits per heavy atom. The lowest BCUT2D eigenvalue weighted by atomic mass is 10.0. The summed E-state index contributed by atoms with van der Waals surface area (Å²) in [7, 11) is -3.61. The van der Waals surface area contributed by atoms with Gasteiger partial charge in [-0.3, -0.25) is 0 Å². The lowest BCUT2D eigenvalue weighted by molar-refractivity contribution is 0.281. The van der Waals surface area contributed by atoms with E-state index in [1.807, 2.05) is 0 Å². The number of fused-ring (bicyclic) bond motifs is 5. The summed E-state index contributed by atoms with van der Waals surface area (Å²) in [6, 6.07) is 4.71. The number of hydrogen-bond acceptors (Lipinski definition) is 3. The molecule has 6 heteroatoms. The second-order valence-corrected chi connectivity index (χ2v) is 8.65. The van der Waals surface area contributed by atoms with Gasteiger partial charge in [-0.1, -0.05) is 17.7 Å². The fraction of sp³-hybridized carbons (Fsp3) is 0.600. The predicted octanol–water partition coefficient (Wildman–Crippen LogP) is 2.16. The number of aliphatic hydroxyl groups excluding tert-OH is 1. The molecule has 3 saturated carbocycles. The molecule has 3 aliphatic carbocycles. The van der Waals surface area contributed by atoms with E-state index in [1.54, 1.807) is 6.07 Å². The summed E-state index contributed by atoms with van der Waals surface area (Å²) in [5, 5.41) is 9.37. The summed E-state index contributed by atoms with van der Waals surface area (Å²) in [5.41, 5.74) is 0.552. The fourth-order valence-corrected chi connectivity index (χ4v) is 6.43. The van der Waals surface area contributed by atoms with Crippen molar-refractivity contribution in [3.8, 4) is 0 Å². The van der Waals surface area contributed by atoms with E-state index in [-0.39, 0.29) is 22.6 Å². The average Bonchev–Trinajstić information content (AvgIpc) is 2.85. The Kier molecular flexibility index (Phi) is 3.12. The quantitative estimate of drug-likeness (QED) is 0.890. The number of nitrogens with one attached hydrogen (secondary N) is 1. The van der Waals surface area contributed by atoms with Crippen molar-refractivity contribution < 1.29 is 13.5 Å². The Labute approximate surface area is 129 Å². The number of rotatable bonds is 4. The van der Waals surface area contributed by atoms with Gasteiger partial charge in [0.15, 0.2) is 0 Å². The topological polar surface area (TPSA) is 66.4 Å². The zero-order valence-corrected chi connectivity index (χ0v) is 13.1. The predicted molar refractivity (Wildman–Crippen MR) is 79.3 cm³/mol. The summed E-state index contributed by atoms with van der Waals surface area (Å²) < 4.78 is 28.0. The van der Waals surface area contributed by atoms with Crippen molar-refractivity contribution in [1.82, 2.24) is 4.72 Å². The van der Waals surface area contributed by atoms with Gasteiger partial charge in [-0.15, -0.1) is 0 Å². The second kappa shape index (κ2) is 4.69. The molecular formula is C15H18ClNO3S. The van der Waals surface area contributed by atoms with Crippen LogP contribution in [-0.4, -0.2) is 19.6 Å². The summed E-state index contributed by atoms with van der Waals surface area (Å²) in [6.07, 6.45) is 3.80. The molecule has 114 valence electrons. The molecule has 0 saturated heterocycles. The Morgan fingerprint density at radius 2 is 1.90 bits per heavy atom. The molecule has 0 radical (unpaired) electrons. The molecule has 1 aromatic rings. The largest absolute Gasteiger partial charge is 0.392 e. The Bertz CT molecular complexity index is 674. The van der Waals surface area contributed by atoms with Crippen molar-refractivity contribution in [2.24, 2.45) is 23.7 Å². The first kappa shape index (κ1) is 14.0. The van der Waals surface area contributed by atoms with Crippen LogP contribution in [0, 0.1) is 23.7 Å². The van der Waals surface area contributed by atoms with E-state index in [0.29, 0.717) is 29.2 Å². The molecule has 2 bridgehead atoms. The van der Waals surface area contributed by atoms with Crippen LogP contribution < -0.4 is 4.72 Å². The maximum Gasteiger partial charge on any atom is 0.242 e. The summed E-state index contributed by atoms with van der Waals surface area (Å²) in [6.45, 7) is -0.196. The molecule has 4 rings (SSSR count). The minimum absolute atomic E-state index is 0.0769. The van der Waals surface area contributed by atoms with Crippen LogP contribution in [0.2, 0.25) is 5.02 Å². The molecule has 3 aliphatic rings. The van der Waals surface area contributed by atoms with Gasteiger partial charge in [-0.05, 0) is 60.6 Å². The van der Waals surface area contributed by atoms with E-state index in [9.17, 15) is 8.42 Å². The third-order valence-corrected chi connectivity index (χ3v) is 7.44. The van der Waals surface area contributed by atoms with Crippen molar-refractivity contribution in [1.29, 1.82) is 0 Å². The first-order chi connectivity index (χ1) is 10.0. The first-order valence-corrected chi connectivity index (χ1v) is 9.29. The highest BCUT2D eigenvalue weighted by atomic mass is 35.5. The highest BCUT2D eigenvalue weighted by Gasteiger charge is 2.65. The van der Waals surface area contributed by atoms with E-state index in [2.05, 4.69) is 4.72 Å². The normalized spacial score (nSPS) is 36.8. The van der Waals surface area contributed by atoms with E-state index < -0.39 is 10.0 Å². The second-order valence-electron chi connectivity index (χ2n) is 6.56. The molecule has 2 N–H and O–H groups in total. The van der Waals surface area contributed by atoms with Gasteiger partial charge in [0.1, 0.15) is 4.90 Å². The van der Waals surface area contributed by atoms with Crippen molar-refractivity contribution in [3.63, 3.8) is 0 Å². The lowest BCUT2D eigenvalue weighted by Gasteiger charge is -2.13. The number of sulfonamides is 1. The first-order valence-electron chi connectivity index (χ1n) is 7.43. The van der Waals surface area contributed by atoms with Crippen molar-refractivity contribution in [3.05, 3.63) is 28.8 Å². The van der Waals surface area contributed by atoms with Crippen LogP contribution in [0.3, 0.4) is 0 Å². The van der Waals surface area contributed by atoms with Crippen LogP contribution in [0.25, 0.3) is 0 Å². The van der Waals surface area contributed by atoms with Crippen LogP contribution in [0.5, 0.6) is 0 Å². The Balaban J connectivity index is 1.58. The Morgan fingerprint density at radius 1 is 1.24 bits per heavy atom. The van der Waals surface area contributed by atoms with Gasteiger partial charge in [-0.25, -0.2) is 13.1 Å². The minimum atomic E-state index is -3.61. The number of aliphatic hydroxyl groups is 1. The lowest BCUT2D eigenvalue weighted by Crippen LogP contribution is -2.30. The van der Waals surface area contributed by atoms with E-state index in [0.717, 1.165) is 0 Å². The van der Waals surface area contributed by atoms with Crippen molar-refractivity contribution in [2.75, 3.05) is 0 Å². The van der Waals surface area contributed by atoms with Gasteiger partial charge in [0.2, 0.25) is 10.0 Å². The van der Waals surface area contributed by atoms with Gasteiger partial charge >= 0.3 is 0 Å². The van der Waals surface area contributed by atoms with Gasteiger partial charge in [0, 0.05) is 6.04 Å². The monoisotopic (exact) mass is 327 g/mol. The minimum Gasteiger partial charge on any atom is -0.392 e. The van der Waals surface area contributed by atoms with Crippen LogP contribution in [0.15, 0.2) is 23.1 Å². The molecule has 0 aliphatic heterocycles. The number of halogens is 1. The number of benzene rings is 1. The van der Waals surface area contributed by atoms with Crippen LogP contribution in [0.4, 0.5) is 0 Å². The molecule has 1 aromatic carbocycles.